The first kappa shape index (κ1) is 20.2. The molecule has 3 aromatic carbocycles. The molecular formula is C24H23N3O2S2. The summed E-state index contributed by atoms with van der Waals surface area (Å²) in [7, 11) is -3.55. The number of benzene rings is 3. The molecule has 2 aliphatic rings. The minimum Gasteiger partial charge on any atom is -0.397 e. The minimum atomic E-state index is -3.55. The highest BCUT2D eigenvalue weighted by atomic mass is 32.2. The van der Waals surface area contributed by atoms with E-state index in [2.05, 4.69) is 4.90 Å². The highest BCUT2D eigenvalue weighted by Crippen LogP contribution is 2.42. The number of nitrogen functional groups attached to an aromatic ring is 1. The molecule has 0 amide bonds. The SMILES string of the molecule is Nc1ccccc1N1CSC2=C1CCN(S(=O)(=O)c1ccc(-c3ccccc3)cc1)C2. The molecule has 0 radical (unpaired) electrons. The van der Waals surface area contributed by atoms with Crippen LogP contribution in [0.25, 0.3) is 11.1 Å². The van der Waals surface area contributed by atoms with Crippen molar-refractivity contribution in [2.45, 2.75) is 11.3 Å². The third-order valence-electron chi connectivity index (χ3n) is 5.76. The molecule has 0 fully saturated rings. The van der Waals surface area contributed by atoms with Gasteiger partial charge in [0.25, 0.3) is 0 Å². The van der Waals surface area contributed by atoms with Gasteiger partial charge in [-0.2, -0.15) is 4.31 Å². The van der Waals surface area contributed by atoms with E-state index in [1.807, 2.05) is 66.7 Å². The predicted molar refractivity (Wildman–Crippen MR) is 128 cm³/mol. The van der Waals surface area contributed by atoms with Crippen molar-refractivity contribution in [1.82, 2.24) is 4.31 Å². The second-order valence-electron chi connectivity index (χ2n) is 7.61. The topological polar surface area (TPSA) is 66.6 Å². The summed E-state index contributed by atoms with van der Waals surface area (Å²) in [4.78, 5) is 3.66. The normalized spacial score (nSPS) is 17.1. The van der Waals surface area contributed by atoms with Crippen molar-refractivity contribution < 1.29 is 8.42 Å². The van der Waals surface area contributed by atoms with Gasteiger partial charge in [-0.1, -0.05) is 54.6 Å². The number of rotatable bonds is 4. The van der Waals surface area contributed by atoms with Gasteiger partial charge in [0.05, 0.1) is 22.1 Å². The maximum Gasteiger partial charge on any atom is 0.243 e. The number of nitrogens with two attached hydrogens (primary N) is 1. The third-order valence-corrected chi connectivity index (χ3v) is 8.72. The molecule has 2 aliphatic heterocycles. The van der Waals surface area contributed by atoms with Gasteiger partial charge in [0.2, 0.25) is 10.0 Å². The van der Waals surface area contributed by atoms with Crippen molar-refractivity contribution in [3.05, 3.63) is 89.5 Å². The van der Waals surface area contributed by atoms with Crippen molar-refractivity contribution in [3.63, 3.8) is 0 Å². The average Bonchev–Trinajstić information content (AvgIpc) is 3.23. The number of anilines is 2. The van der Waals surface area contributed by atoms with E-state index in [0.29, 0.717) is 24.4 Å². The number of thioether (sulfide) groups is 1. The molecule has 0 saturated carbocycles. The van der Waals surface area contributed by atoms with Crippen LogP contribution in [0, 0.1) is 0 Å². The Kier molecular flexibility index (Phi) is 5.25. The Morgan fingerprint density at radius 1 is 0.839 bits per heavy atom. The maximum atomic E-state index is 13.3. The average molecular weight is 450 g/mol. The lowest BCUT2D eigenvalue weighted by Crippen LogP contribution is -2.37. The van der Waals surface area contributed by atoms with Gasteiger partial charge in [-0.3, -0.25) is 0 Å². The van der Waals surface area contributed by atoms with E-state index in [0.717, 1.165) is 33.3 Å². The molecule has 0 spiro atoms. The number of para-hydroxylation sites is 2. The summed E-state index contributed by atoms with van der Waals surface area (Å²) in [5.41, 5.74) is 11.2. The van der Waals surface area contributed by atoms with Crippen LogP contribution in [0.4, 0.5) is 11.4 Å². The maximum absolute atomic E-state index is 13.3. The molecule has 2 heterocycles. The zero-order valence-electron chi connectivity index (χ0n) is 16.9. The molecule has 5 rings (SSSR count). The Morgan fingerprint density at radius 3 is 2.26 bits per heavy atom. The second-order valence-corrected chi connectivity index (χ2v) is 10.6. The van der Waals surface area contributed by atoms with E-state index in [4.69, 9.17) is 5.73 Å². The fraction of sp³-hybridized carbons (Fsp3) is 0.167. The quantitative estimate of drug-likeness (QED) is 0.582. The Labute approximate surface area is 187 Å². The molecule has 0 aliphatic carbocycles. The molecular weight excluding hydrogens is 426 g/mol. The lowest BCUT2D eigenvalue weighted by molar-refractivity contribution is 0.427. The van der Waals surface area contributed by atoms with E-state index >= 15 is 0 Å². The van der Waals surface area contributed by atoms with Gasteiger partial charge < -0.3 is 10.6 Å². The molecule has 0 bridgehead atoms. The highest BCUT2D eigenvalue weighted by molar-refractivity contribution is 8.03. The monoisotopic (exact) mass is 449 g/mol. The van der Waals surface area contributed by atoms with E-state index in [1.165, 1.54) is 5.70 Å². The largest absolute Gasteiger partial charge is 0.397 e. The molecule has 5 nitrogen and oxygen atoms in total. The summed E-state index contributed by atoms with van der Waals surface area (Å²) in [6.45, 7) is 0.872. The number of nitrogens with zero attached hydrogens (tertiary/aromatic N) is 2. The van der Waals surface area contributed by atoms with Gasteiger partial charge in [0, 0.05) is 30.1 Å². The van der Waals surface area contributed by atoms with Crippen LogP contribution in [0.5, 0.6) is 0 Å². The lowest BCUT2D eigenvalue weighted by Gasteiger charge is -2.30. The summed E-state index contributed by atoms with van der Waals surface area (Å²) in [6, 6.07) is 25.0. The molecule has 0 saturated heterocycles. The van der Waals surface area contributed by atoms with Crippen LogP contribution < -0.4 is 10.6 Å². The molecule has 2 N–H and O–H groups in total. The van der Waals surface area contributed by atoms with E-state index in [1.54, 1.807) is 28.2 Å². The summed E-state index contributed by atoms with van der Waals surface area (Å²) in [5, 5.41) is 0. The van der Waals surface area contributed by atoms with Crippen molar-refractivity contribution in [1.29, 1.82) is 0 Å². The molecule has 31 heavy (non-hydrogen) atoms. The van der Waals surface area contributed by atoms with Crippen LogP contribution in [0.1, 0.15) is 6.42 Å². The third kappa shape index (κ3) is 3.73. The molecule has 0 aromatic heterocycles. The van der Waals surface area contributed by atoms with E-state index in [9.17, 15) is 8.42 Å². The van der Waals surface area contributed by atoms with Crippen molar-refractivity contribution in [3.8, 4) is 11.1 Å². The molecule has 0 unspecified atom stereocenters. The zero-order valence-corrected chi connectivity index (χ0v) is 18.6. The fourth-order valence-electron chi connectivity index (χ4n) is 4.09. The van der Waals surface area contributed by atoms with E-state index < -0.39 is 10.0 Å². The number of hydrogen-bond donors (Lipinski definition) is 1. The summed E-state index contributed by atoms with van der Waals surface area (Å²) in [5.74, 6) is 0.762. The van der Waals surface area contributed by atoms with Gasteiger partial charge in [-0.15, -0.1) is 11.8 Å². The van der Waals surface area contributed by atoms with Gasteiger partial charge in [0.1, 0.15) is 0 Å². The van der Waals surface area contributed by atoms with E-state index in [-0.39, 0.29) is 0 Å². The Hall–Kier alpha value is -2.74. The van der Waals surface area contributed by atoms with Gasteiger partial charge in [0.15, 0.2) is 0 Å². The standard InChI is InChI=1S/C24H23N3O2S2/c25-21-8-4-5-9-22(21)27-17-30-24-16-26(15-14-23(24)27)31(28,29)20-12-10-19(11-13-20)18-6-2-1-3-7-18/h1-13H,14-17,25H2. The molecule has 7 heteroatoms. The van der Waals surface area contributed by atoms with Crippen LogP contribution in [-0.4, -0.2) is 31.7 Å². The van der Waals surface area contributed by atoms with Crippen LogP contribution in [0.3, 0.4) is 0 Å². The van der Waals surface area contributed by atoms with Crippen LogP contribution in [0.15, 0.2) is 94.4 Å². The second kappa shape index (κ2) is 8.07. The first-order valence-corrected chi connectivity index (χ1v) is 12.6. The van der Waals surface area contributed by atoms with Gasteiger partial charge in [-0.25, -0.2) is 8.42 Å². The number of sulfonamides is 1. The van der Waals surface area contributed by atoms with Gasteiger partial charge >= 0.3 is 0 Å². The summed E-state index contributed by atoms with van der Waals surface area (Å²) >= 11 is 1.70. The Morgan fingerprint density at radius 2 is 1.52 bits per heavy atom. The first-order valence-electron chi connectivity index (χ1n) is 10.2. The van der Waals surface area contributed by atoms with Crippen LogP contribution >= 0.6 is 11.8 Å². The predicted octanol–water partition coefficient (Wildman–Crippen LogP) is 4.75. The first-order chi connectivity index (χ1) is 15.0. The number of hydrogen-bond acceptors (Lipinski definition) is 5. The Bertz CT molecular complexity index is 1240. The lowest BCUT2D eigenvalue weighted by atomic mass is 10.1. The zero-order chi connectivity index (χ0) is 21.4. The van der Waals surface area contributed by atoms with Crippen LogP contribution in [-0.2, 0) is 10.0 Å². The van der Waals surface area contributed by atoms with Crippen molar-refractivity contribution in [2.24, 2.45) is 0 Å². The molecule has 158 valence electrons. The van der Waals surface area contributed by atoms with Crippen LogP contribution in [0.2, 0.25) is 0 Å². The summed E-state index contributed by atoms with van der Waals surface area (Å²) in [6.07, 6.45) is 0.679. The van der Waals surface area contributed by atoms with Gasteiger partial charge in [-0.05, 0) is 35.4 Å². The Balaban J connectivity index is 1.37. The molecule has 0 atom stereocenters. The highest BCUT2D eigenvalue weighted by Gasteiger charge is 2.35. The summed E-state index contributed by atoms with van der Waals surface area (Å²) < 4.78 is 28.2. The smallest absolute Gasteiger partial charge is 0.243 e. The minimum absolute atomic E-state index is 0.336. The molecule has 3 aromatic rings. The van der Waals surface area contributed by atoms with Crippen molar-refractivity contribution in [2.75, 3.05) is 29.6 Å². The fourth-order valence-corrected chi connectivity index (χ4v) is 6.78. The van der Waals surface area contributed by atoms with Crippen molar-refractivity contribution >= 4 is 33.2 Å².